The van der Waals surface area contributed by atoms with E-state index in [1.54, 1.807) is 43.0 Å². The number of carbonyl (C=O) groups is 1. The van der Waals surface area contributed by atoms with Crippen molar-refractivity contribution in [2.24, 2.45) is 0 Å². The minimum Gasteiger partial charge on any atom is -0.493 e. The van der Waals surface area contributed by atoms with Crippen LogP contribution in [0.15, 0.2) is 41.1 Å². The highest BCUT2D eigenvalue weighted by atomic mass is 79.9. The normalized spacial score (nSPS) is 10.7. The van der Waals surface area contributed by atoms with Crippen LogP contribution in [0.4, 0.5) is 5.82 Å². The van der Waals surface area contributed by atoms with E-state index in [9.17, 15) is 4.79 Å². The zero-order chi connectivity index (χ0) is 15.7. The SMILES string of the molecule is COc1cccn2c(C(=O)Nc3ccc(Br)cn3)c(C)nc12. The summed E-state index contributed by atoms with van der Waals surface area (Å²) in [6, 6.07) is 7.15. The van der Waals surface area contributed by atoms with Crippen molar-refractivity contribution in [3.05, 3.63) is 52.5 Å². The average Bonchev–Trinajstić information content (AvgIpc) is 2.85. The molecule has 22 heavy (non-hydrogen) atoms. The lowest BCUT2D eigenvalue weighted by atomic mass is 10.3. The zero-order valence-corrected chi connectivity index (χ0v) is 13.6. The highest BCUT2D eigenvalue weighted by Crippen LogP contribution is 2.22. The third kappa shape index (κ3) is 2.55. The Kier molecular flexibility index (Phi) is 3.81. The molecule has 1 amide bonds. The summed E-state index contributed by atoms with van der Waals surface area (Å²) < 4.78 is 7.83. The van der Waals surface area contributed by atoms with Crippen LogP contribution in [-0.4, -0.2) is 27.4 Å². The van der Waals surface area contributed by atoms with Crippen LogP contribution in [0.25, 0.3) is 5.65 Å². The van der Waals surface area contributed by atoms with E-state index in [1.165, 1.54) is 0 Å². The molecule has 3 aromatic heterocycles. The predicted molar refractivity (Wildman–Crippen MR) is 86.4 cm³/mol. The van der Waals surface area contributed by atoms with Crippen LogP contribution >= 0.6 is 15.9 Å². The molecule has 112 valence electrons. The molecule has 3 aromatic rings. The van der Waals surface area contributed by atoms with Gasteiger partial charge in [-0.05, 0) is 47.1 Å². The second-order valence-corrected chi connectivity index (χ2v) is 5.55. The number of hydrogen-bond donors (Lipinski definition) is 1. The number of methoxy groups -OCH3 is 1. The summed E-state index contributed by atoms with van der Waals surface area (Å²) in [5.41, 5.74) is 1.69. The molecule has 7 heteroatoms. The molecule has 3 rings (SSSR count). The first-order chi connectivity index (χ1) is 10.6. The number of pyridine rings is 2. The molecule has 0 saturated carbocycles. The first-order valence-corrected chi connectivity index (χ1v) is 7.34. The van der Waals surface area contributed by atoms with E-state index in [2.05, 4.69) is 31.2 Å². The van der Waals surface area contributed by atoms with Gasteiger partial charge in [0.05, 0.1) is 12.8 Å². The van der Waals surface area contributed by atoms with E-state index in [-0.39, 0.29) is 5.91 Å². The van der Waals surface area contributed by atoms with Gasteiger partial charge in [-0.2, -0.15) is 0 Å². The smallest absolute Gasteiger partial charge is 0.275 e. The number of imidazole rings is 1. The molecule has 6 nitrogen and oxygen atoms in total. The fraction of sp³-hybridized carbons (Fsp3) is 0.133. The Morgan fingerprint density at radius 1 is 1.36 bits per heavy atom. The van der Waals surface area contributed by atoms with Gasteiger partial charge in [0.2, 0.25) is 0 Å². The van der Waals surface area contributed by atoms with Crippen LogP contribution < -0.4 is 10.1 Å². The average molecular weight is 361 g/mol. The third-order valence-electron chi connectivity index (χ3n) is 3.19. The lowest BCUT2D eigenvalue weighted by Crippen LogP contribution is -2.16. The molecule has 0 spiro atoms. The van der Waals surface area contributed by atoms with Gasteiger partial charge in [-0.1, -0.05) is 0 Å². The number of aromatic nitrogens is 3. The monoisotopic (exact) mass is 360 g/mol. The highest BCUT2D eigenvalue weighted by Gasteiger charge is 2.18. The maximum Gasteiger partial charge on any atom is 0.275 e. The Labute approximate surface area is 135 Å². The molecular weight excluding hydrogens is 348 g/mol. The fourth-order valence-corrected chi connectivity index (χ4v) is 2.45. The second-order valence-electron chi connectivity index (χ2n) is 4.63. The molecule has 0 aliphatic carbocycles. The van der Waals surface area contributed by atoms with Gasteiger partial charge < -0.3 is 10.1 Å². The first-order valence-electron chi connectivity index (χ1n) is 6.54. The number of amides is 1. The third-order valence-corrected chi connectivity index (χ3v) is 3.66. The molecule has 1 N–H and O–H groups in total. The summed E-state index contributed by atoms with van der Waals surface area (Å²) in [5, 5.41) is 2.77. The summed E-state index contributed by atoms with van der Waals surface area (Å²) in [4.78, 5) is 21.1. The summed E-state index contributed by atoms with van der Waals surface area (Å²) in [5.74, 6) is 0.824. The Morgan fingerprint density at radius 2 is 2.18 bits per heavy atom. The largest absolute Gasteiger partial charge is 0.493 e. The van der Waals surface area contributed by atoms with E-state index < -0.39 is 0 Å². The predicted octanol–water partition coefficient (Wildman–Crippen LogP) is 3.06. The topological polar surface area (TPSA) is 68.5 Å². The van der Waals surface area contributed by atoms with Crippen molar-refractivity contribution in [3.63, 3.8) is 0 Å². The molecule has 0 bridgehead atoms. The molecule has 0 aliphatic rings. The van der Waals surface area contributed by atoms with Crippen molar-refractivity contribution >= 4 is 33.3 Å². The second kappa shape index (κ2) is 5.76. The number of hydrogen-bond acceptors (Lipinski definition) is 4. The number of halogens is 1. The van der Waals surface area contributed by atoms with Crippen LogP contribution in [0.2, 0.25) is 0 Å². The van der Waals surface area contributed by atoms with Gasteiger partial charge in [0.15, 0.2) is 11.4 Å². The van der Waals surface area contributed by atoms with Crippen LogP contribution in [-0.2, 0) is 0 Å². The van der Waals surface area contributed by atoms with E-state index >= 15 is 0 Å². The summed E-state index contributed by atoms with van der Waals surface area (Å²) >= 11 is 3.31. The number of nitrogens with one attached hydrogen (secondary N) is 1. The standard InChI is InChI=1S/C15H13BrN4O2/c1-9-13(15(21)19-12-6-5-10(16)8-17-12)20-7-3-4-11(22-2)14(20)18-9/h3-8H,1-2H3,(H,17,19,21). The first kappa shape index (κ1) is 14.5. The number of anilines is 1. The van der Waals surface area contributed by atoms with E-state index in [1.807, 2.05) is 12.1 Å². The molecular formula is C15H13BrN4O2. The van der Waals surface area contributed by atoms with Gasteiger partial charge in [0.25, 0.3) is 5.91 Å². The number of nitrogens with zero attached hydrogens (tertiary/aromatic N) is 3. The summed E-state index contributed by atoms with van der Waals surface area (Å²) in [6.45, 7) is 1.79. The number of ether oxygens (including phenoxy) is 1. The van der Waals surface area contributed by atoms with Gasteiger partial charge in [0.1, 0.15) is 11.5 Å². The van der Waals surface area contributed by atoms with E-state index in [0.29, 0.717) is 28.6 Å². The van der Waals surface area contributed by atoms with Gasteiger partial charge in [0, 0.05) is 16.9 Å². The van der Waals surface area contributed by atoms with Crippen LogP contribution in [0, 0.1) is 6.92 Å². The van der Waals surface area contributed by atoms with Gasteiger partial charge in [-0.25, -0.2) is 9.97 Å². The van der Waals surface area contributed by atoms with Crippen LogP contribution in [0.5, 0.6) is 5.75 Å². The lowest BCUT2D eigenvalue weighted by molar-refractivity contribution is 0.102. The zero-order valence-electron chi connectivity index (χ0n) is 12.0. The Balaban J connectivity index is 2.00. The Hall–Kier alpha value is -2.41. The molecule has 0 aliphatic heterocycles. The van der Waals surface area contributed by atoms with Crippen molar-refractivity contribution in [1.82, 2.24) is 14.4 Å². The lowest BCUT2D eigenvalue weighted by Gasteiger charge is -2.06. The quantitative estimate of drug-likeness (QED) is 0.779. The van der Waals surface area contributed by atoms with Gasteiger partial charge in [-0.3, -0.25) is 9.20 Å². The Bertz CT molecular complexity index is 843. The minimum atomic E-state index is -0.270. The molecule has 0 saturated heterocycles. The van der Waals surface area contributed by atoms with E-state index in [4.69, 9.17) is 4.74 Å². The summed E-state index contributed by atoms with van der Waals surface area (Å²) in [6.07, 6.45) is 3.40. The highest BCUT2D eigenvalue weighted by molar-refractivity contribution is 9.10. The van der Waals surface area contributed by atoms with Crippen molar-refractivity contribution < 1.29 is 9.53 Å². The van der Waals surface area contributed by atoms with Crippen molar-refractivity contribution in [3.8, 4) is 5.75 Å². The molecule has 0 unspecified atom stereocenters. The maximum atomic E-state index is 12.5. The van der Waals surface area contributed by atoms with Crippen molar-refractivity contribution in [1.29, 1.82) is 0 Å². The van der Waals surface area contributed by atoms with Gasteiger partial charge in [-0.15, -0.1) is 0 Å². The number of fused-ring (bicyclic) bond motifs is 1. The van der Waals surface area contributed by atoms with Gasteiger partial charge >= 0.3 is 0 Å². The molecule has 0 aromatic carbocycles. The summed E-state index contributed by atoms with van der Waals surface area (Å²) in [7, 11) is 1.57. The molecule has 0 atom stereocenters. The molecule has 0 radical (unpaired) electrons. The maximum absolute atomic E-state index is 12.5. The number of carbonyl (C=O) groups excluding carboxylic acids is 1. The molecule has 3 heterocycles. The number of rotatable bonds is 3. The Morgan fingerprint density at radius 3 is 2.86 bits per heavy atom. The molecule has 0 fully saturated rings. The van der Waals surface area contributed by atoms with Crippen molar-refractivity contribution in [2.75, 3.05) is 12.4 Å². The van der Waals surface area contributed by atoms with Crippen molar-refractivity contribution in [2.45, 2.75) is 6.92 Å². The number of aryl methyl sites for hydroxylation is 1. The fourth-order valence-electron chi connectivity index (χ4n) is 2.21. The minimum absolute atomic E-state index is 0.270. The van der Waals surface area contributed by atoms with E-state index in [0.717, 1.165) is 4.47 Å². The van der Waals surface area contributed by atoms with Crippen LogP contribution in [0.3, 0.4) is 0 Å². The van der Waals surface area contributed by atoms with Crippen LogP contribution in [0.1, 0.15) is 16.2 Å².